The summed E-state index contributed by atoms with van der Waals surface area (Å²) in [7, 11) is 0. The Hall–Kier alpha value is -2.38. The van der Waals surface area contributed by atoms with E-state index in [1.165, 1.54) is 19.3 Å². The van der Waals surface area contributed by atoms with Crippen molar-refractivity contribution >= 4 is 5.91 Å². The normalized spacial score (nSPS) is 17.3. The topological polar surface area (TPSA) is 72.7 Å². The number of aromatic nitrogens is 4. The number of imidazole rings is 1. The van der Waals surface area contributed by atoms with Crippen LogP contribution in [0.4, 0.5) is 8.78 Å². The molecule has 4 rings (SSSR count). The lowest BCUT2D eigenvalue weighted by Crippen LogP contribution is -2.36. The van der Waals surface area contributed by atoms with Crippen molar-refractivity contribution in [3.05, 3.63) is 36.2 Å². The van der Waals surface area contributed by atoms with Crippen LogP contribution in [-0.4, -0.2) is 38.4 Å². The van der Waals surface area contributed by atoms with E-state index in [0.29, 0.717) is 17.6 Å². The molecule has 142 valence electrons. The van der Waals surface area contributed by atoms with Crippen LogP contribution in [-0.2, 0) is 0 Å². The van der Waals surface area contributed by atoms with Gasteiger partial charge in [-0.25, -0.2) is 23.7 Å². The van der Waals surface area contributed by atoms with Gasteiger partial charge < -0.3 is 5.32 Å². The zero-order valence-electron chi connectivity index (χ0n) is 14.6. The highest BCUT2D eigenvalue weighted by atomic mass is 19.3. The fourth-order valence-corrected chi connectivity index (χ4v) is 3.16. The van der Waals surface area contributed by atoms with Gasteiger partial charge in [-0.15, -0.1) is 0 Å². The van der Waals surface area contributed by atoms with E-state index < -0.39 is 6.93 Å². The molecule has 0 aliphatic heterocycles. The molecule has 0 bridgehead atoms. The van der Waals surface area contributed by atoms with Gasteiger partial charge in [0.05, 0.1) is 0 Å². The molecule has 2 aromatic heterocycles. The number of alkyl halides is 2. The lowest BCUT2D eigenvalue weighted by atomic mass is 9.95. The monoisotopic (exact) mass is 365 g/mol. The summed E-state index contributed by atoms with van der Waals surface area (Å²) in [6.45, 7) is -1.75. The summed E-state index contributed by atoms with van der Waals surface area (Å²) in [4.78, 5) is 25.7. The van der Waals surface area contributed by atoms with Gasteiger partial charge >= 0.3 is 0 Å². The lowest BCUT2D eigenvalue weighted by molar-refractivity contribution is 0.0922. The molecule has 8 heteroatoms. The molecule has 2 heterocycles. The predicted molar refractivity (Wildman–Crippen MR) is 94.7 cm³/mol. The standard InChI is InChI=1S/C17H21N5O.CH2F2.H2/c23-16(19-13-4-2-1-3-5-13)15-10-14(12-6-7-12)20-17(21-15)22-9-8-18-11-22;2-1-3;/h8-13H,1-7H2,(H,19,23);1H2;1H. The zero-order valence-corrected chi connectivity index (χ0v) is 14.6. The average molecular weight is 365 g/mol. The number of hydrogen-bond acceptors (Lipinski definition) is 4. The van der Waals surface area contributed by atoms with E-state index in [0.717, 1.165) is 31.4 Å². The second-order valence-corrected chi connectivity index (χ2v) is 6.63. The Balaban J connectivity index is 0.000000614. The highest BCUT2D eigenvalue weighted by molar-refractivity contribution is 5.92. The van der Waals surface area contributed by atoms with Crippen molar-refractivity contribution in [3.63, 3.8) is 0 Å². The Morgan fingerprint density at radius 2 is 1.92 bits per heavy atom. The first-order chi connectivity index (χ1) is 12.7. The zero-order chi connectivity index (χ0) is 18.4. The molecule has 0 aromatic carbocycles. The Morgan fingerprint density at radius 3 is 2.54 bits per heavy atom. The summed E-state index contributed by atoms with van der Waals surface area (Å²) in [6.07, 6.45) is 13.2. The minimum Gasteiger partial charge on any atom is -0.348 e. The van der Waals surface area contributed by atoms with E-state index >= 15 is 0 Å². The van der Waals surface area contributed by atoms with Crippen molar-refractivity contribution < 1.29 is 15.0 Å². The molecule has 0 radical (unpaired) electrons. The van der Waals surface area contributed by atoms with Crippen LogP contribution < -0.4 is 5.32 Å². The molecule has 2 saturated carbocycles. The minimum absolute atomic E-state index is 0. The minimum atomic E-state index is -1.75. The van der Waals surface area contributed by atoms with Gasteiger partial charge in [-0.05, 0) is 31.7 Å². The summed E-state index contributed by atoms with van der Waals surface area (Å²) in [5.74, 6) is 0.921. The predicted octanol–water partition coefficient (Wildman–Crippen LogP) is 3.73. The second kappa shape index (κ2) is 8.82. The molecular formula is C18H25F2N5O. The first-order valence-corrected chi connectivity index (χ1v) is 9.01. The quantitative estimate of drug-likeness (QED) is 0.896. The molecule has 6 nitrogen and oxygen atoms in total. The van der Waals surface area contributed by atoms with Gasteiger partial charge in [-0.3, -0.25) is 9.36 Å². The third-order valence-corrected chi connectivity index (χ3v) is 4.64. The maximum absolute atomic E-state index is 12.6. The Bertz CT molecular complexity index is 719. The molecule has 2 fully saturated rings. The average Bonchev–Trinajstić information content (AvgIpc) is 3.37. The van der Waals surface area contributed by atoms with Gasteiger partial charge in [0.1, 0.15) is 12.0 Å². The van der Waals surface area contributed by atoms with Crippen molar-refractivity contribution in [2.45, 2.75) is 56.9 Å². The number of hydrogen-bond donors (Lipinski definition) is 1. The fourth-order valence-electron chi connectivity index (χ4n) is 3.16. The SMILES string of the molecule is FCF.O=C(NC1CCCCC1)c1cc(C2CC2)nc(-n2ccnc2)n1.[HH]. The molecule has 0 unspecified atom stereocenters. The van der Waals surface area contributed by atoms with Gasteiger partial charge in [0.15, 0.2) is 0 Å². The van der Waals surface area contributed by atoms with Crippen LogP contribution in [0.25, 0.3) is 5.95 Å². The summed E-state index contributed by atoms with van der Waals surface area (Å²) >= 11 is 0. The molecule has 2 aromatic rings. The highest BCUT2D eigenvalue weighted by Gasteiger charge is 2.28. The van der Waals surface area contributed by atoms with Gasteiger partial charge in [0.2, 0.25) is 12.9 Å². The second-order valence-electron chi connectivity index (χ2n) is 6.63. The van der Waals surface area contributed by atoms with Crippen LogP contribution in [0.3, 0.4) is 0 Å². The van der Waals surface area contributed by atoms with Crippen molar-refractivity contribution in [2.75, 3.05) is 6.93 Å². The van der Waals surface area contributed by atoms with Crippen LogP contribution in [0, 0.1) is 0 Å². The molecule has 0 atom stereocenters. The molecule has 2 aliphatic rings. The highest BCUT2D eigenvalue weighted by Crippen LogP contribution is 2.39. The van der Waals surface area contributed by atoms with Gasteiger partial charge in [-0.1, -0.05) is 19.3 Å². The molecule has 0 spiro atoms. The number of nitrogens with one attached hydrogen (secondary N) is 1. The van der Waals surface area contributed by atoms with Crippen molar-refractivity contribution in [3.8, 4) is 5.95 Å². The van der Waals surface area contributed by atoms with E-state index in [2.05, 4.69) is 20.3 Å². The third-order valence-electron chi connectivity index (χ3n) is 4.64. The summed E-state index contributed by atoms with van der Waals surface area (Å²) in [5, 5.41) is 3.14. The number of nitrogens with zero attached hydrogens (tertiary/aromatic N) is 4. The molecular weight excluding hydrogens is 340 g/mol. The van der Waals surface area contributed by atoms with Crippen LogP contribution in [0.2, 0.25) is 0 Å². The largest absolute Gasteiger partial charge is 0.348 e. The number of carbonyl (C=O) groups excluding carboxylic acids is 1. The maximum atomic E-state index is 12.6. The van der Waals surface area contributed by atoms with Gasteiger partial charge in [-0.2, -0.15) is 0 Å². The molecule has 1 amide bonds. The van der Waals surface area contributed by atoms with Crippen LogP contribution in [0.5, 0.6) is 0 Å². The van der Waals surface area contributed by atoms with Gasteiger partial charge in [0.25, 0.3) is 5.91 Å². The van der Waals surface area contributed by atoms with E-state index in [9.17, 15) is 13.6 Å². The molecule has 2 aliphatic carbocycles. The third kappa shape index (κ3) is 4.83. The van der Waals surface area contributed by atoms with Crippen LogP contribution in [0.1, 0.15) is 68.5 Å². The summed E-state index contributed by atoms with van der Waals surface area (Å²) in [5.41, 5.74) is 1.44. The van der Waals surface area contributed by atoms with Crippen molar-refractivity contribution in [1.29, 1.82) is 0 Å². The number of rotatable bonds is 4. The van der Waals surface area contributed by atoms with Crippen LogP contribution in [0.15, 0.2) is 24.8 Å². The molecule has 26 heavy (non-hydrogen) atoms. The first-order valence-electron chi connectivity index (χ1n) is 9.01. The van der Waals surface area contributed by atoms with Gasteiger partial charge in [0, 0.05) is 31.5 Å². The summed E-state index contributed by atoms with van der Waals surface area (Å²) < 4.78 is 21.0. The smallest absolute Gasteiger partial charge is 0.270 e. The lowest BCUT2D eigenvalue weighted by Gasteiger charge is -2.22. The summed E-state index contributed by atoms with van der Waals surface area (Å²) in [6, 6.07) is 2.14. The van der Waals surface area contributed by atoms with Crippen molar-refractivity contribution in [1.82, 2.24) is 24.8 Å². The molecule has 1 N–H and O–H groups in total. The van der Waals surface area contributed by atoms with E-state index in [4.69, 9.17) is 0 Å². The Labute approximate surface area is 152 Å². The van der Waals surface area contributed by atoms with E-state index in [1.54, 1.807) is 23.3 Å². The maximum Gasteiger partial charge on any atom is 0.270 e. The Morgan fingerprint density at radius 1 is 1.19 bits per heavy atom. The first kappa shape index (κ1) is 18.4. The van der Waals surface area contributed by atoms with E-state index in [1.807, 2.05) is 6.07 Å². The fraction of sp³-hybridized carbons (Fsp3) is 0.556. The molecule has 0 saturated heterocycles. The van der Waals surface area contributed by atoms with E-state index in [-0.39, 0.29) is 13.4 Å². The Kier molecular flexibility index (Phi) is 6.25. The number of halogens is 2. The number of carbonyl (C=O) groups is 1. The number of amides is 1. The van der Waals surface area contributed by atoms with Crippen LogP contribution >= 0.6 is 0 Å². The van der Waals surface area contributed by atoms with Crippen molar-refractivity contribution in [2.24, 2.45) is 0 Å².